The van der Waals surface area contributed by atoms with Crippen molar-refractivity contribution in [3.63, 3.8) is 0 Å². The number of unbranched alkanes of at least 4 members (excludes halogenated alkanes) is 26. The monoisotopic (exact) mass is 650 g/mol. The zero-order valence-corrected chi connectivity index (χ0v) is 33.6. The largest absolute Gasteiger partial charge is 0.374 e. The Hall–Kier alpha value is -0.0800. The van der Waals surface area contributed by atoms with E-state index >= 15 is 0 Å². The first-order chi connectivity index (χ1) is 22.4. The summed E-state index contributed by atoms with van der Waals surface area (Å²) in [6.45, 7) is 21.0. The molecule has 0 radical (unpaired) electrons. The van der Waals surface area contributed by atoms with Gasteiger partial charge in [-0.2, -0.15) is 0 Å². The van der Waals surface area contributed by atoms with Crippen LogP contribution in [0, 0.1) is 11.8 Å². The smallest absolute Gasteiger partial charge is 0.0778 e. The van der Waals surface area contributed by atoms with Gasteiger partial charge in [-0.1, -0.05) is 215 Å². The molecule has 0 N–H and O–H groups in total. The minimum absolute atomic E-state index is 0.0201. The van der Waals surface area contributed by atoms with Crippen LogP contribution in [0.3, 0.4) is 0 Å². The first-order valence-electron chi connectivity index (χ1n) is 21.8. The molecule has 0 aromatic carbocycles. The van der Waals surface area contributed by atoms with E-state index < -0.39 is 0 Å². The lowest BCUT2D eigenvalue weighted by Crippen LogP contribution is -2.44. The van der Waals surface area contributed by atoms with Gasteiger partial charge in [-0.25, -0.2) is 0 Å². The van der Waals surface area contributed by atoms with Gasteiger partial charge in [0, 0.05) is 6.54 Å². The van der Waals surface area contributed by atoms with E-state index in [1.54, 1.807) is 0 Å². The van der Waals surface area contributed by atoms with E-state index in [4.69, 9.17) is 4.74 Å². The van der Waals surface area contributed by atoms with Crippen molar-refractivity contribution in [3.8, 4) is 0 Å². The Morgan fingerprint density at radius 1 is 0.435 bits per heavy atom. The van der Waals surface area contributed by atoms with Crippen LogP contribution in [0.15, 0.2) is 0 Å². The van der Waals surface area contributed by atoms with Crippen molar-refractivity contribution in [1.82, 2.24) is 4.90 Å². The molecule has 3 unspecified atom stereocenters. The molecule has 0 saturated heterocycles. The summed E-state index contributed by atoms with van der Waals surface area (Å²) in [5.41, 5.74) is -0.0201. The van der Waals surface area contributed by atoms with E-state index in [1.807, 2.05) is 0 Å². The lowest BCUT2D eigenvalue weighted by molar-refractivity contribution is -0.0735. The summed E-state index contributed by atoms with van der Waals surface area (Å²) in [7, 11) is 0. The summed E-state index contributed by atoms with van der Waals surface area (Å²) in [5, 5.41) is 0. The second-order valence-electron chi connectivity index (χ2n) is 15.9. The van der Waals surface area contributed by atoms with Crippen LogP contribution in [0.5, 0.6) is 0 Å². The molecule has 0 aromatic heterocycles. The number of hydrogen-bond acceptors (Lipinski definition) is 2. The molecule has 0 aromatic rings. The van der Waals surface area contributed by atoms with Gasteiger partial charge in [0.2, 0.25) is 0 Å². The molecular formula is C44H91NO. The fraction of sp³-hybridized carbons (Fsp3) is 1.00. The quantitative estimate of drug-likeness (QED) is 0.0617. The molecule has 0 aliphatic heterocycles. The van der Waals surface area contributed by atoms with Gasteiger partial charge in [0.25, 0.3) is 0 Å². The molecule has 0 fully saturated rings. The highest BCUT2D eigenvalue weighted by Crippen LogP contribution is 2.23. The highest BCUT2D eigenvalue weighted by Gasteiger charge is 2.27. The van der Waals surface area contributed by atoms with E-state index in [2.05, 4.69) is 53.4 Å². The Kier molecular flexibility index (Phi) is 34.7. The molecule has 0 amide bonds. The molecule has 278 valence electrons. The maximum absolute atomic E-state index is 6.70. The van der Waals surface area contributed by atoms with E-state index in [9.17, 15) is 0 Å². The predicted molar refractivity (Wildman–Crippen MR) is 210 cm³/mol. The zero-order valence-electron chi connectivity index (χ0n) is 33.6. The third-order valence-electron chi connectivity index (χ3n) is 11.3. The fourth-order valence-electron chi connectivity index (χ4n) is 6.96. The zero-order chi connectivity index (χ0) is 34.0. The van der Waals surface area contributed by atoms with E-state index in [0.717, 1.165) is 25.5 Å². The van der Waals surface area contributed by atoms with Gasteiger partial charge in [0.05, 0.1) is 12.2 Å². The van der Waals surface area contributed by atoms with Crippen LogP contribution in [0.4, 0.5) is 0 Å². The number of nitrogens with zero attached hydrogens (tertiary/aromatic N) is 1. The molecule has 2 nitrogen and oxygen atoms in total. The summed E-state index contributed by atoms with van der Waals surface area (Å²) in [5.74, 6) is 1.38. The van der Waals surface area contributed by atoms with Crippen molar-refractivity contribution in [3.05, 3.63) is 0 Å². The molecule has 3 atom stereocenters. The van der Waals surface area contributed by atoms with E-state index in [1.165, 1.54) is 199 Å². The van der Waals surface area contributed by atoms with Gasteiger partial charge in [-0.15, -0.1) is 0 Å². The summed E-state index contributed by atoms with van der Waals surface area (Å²) in [4.78, 5) is 2.79. The van der Waals surface area contributed by atoms with Crippen LogP contribution < -0.4 is 0 Å². The lowest BCUT2D eigenvalue weighted by Gasteiger charge is -2.36. The van der Waals surface area contributed by atoms with Gasteiger partial charge in [0.15, 0.2) is 0 Å². The first-order valence-corrected chi connectivity index (χ1v) is 21.8. The van der Waals surface area contributed by atoms with Crippen LogP contribution in [0.2, 0.25) is 0 Å². The van der Waals surface area contributed by atoms with Crippen LogP contribution >= 0.6 is 0 Å². The van der Waals surface area contributed by atoms with Crippen LogP contribution in [-0.4, -0.2) is 36.7 Å². The molecule has 0 heterocycles. The van der Waals surface area contributed by atoms with Crippen molar-refractivity contribution < 1.29 is 4.74 Å². The third kappa shape index (κ3) is 30.0. The number of rotatable bonds is 38. The lowest BCUT2D eigenvalue weighted by atomic mass is 9.94. The molecule has 0 aliphatic carbocycles. The van der Waals surface area contributed by atoms with Crippen LogP contribution in [0.1, 0.15) is 241 Å². The average molecular weight is 650 g/mol. The Morgan fingerprint density at radius 2 is 0.739 bits per heavy atom. The van der Waals surface area contributed by atoms with Crippen molar-refractivity contribution >= 4 is 0 Å². The van der Waals surface area contributed by atoms with Crippen LogP contribution in [-0.2, 0) is 4.74 Å². The predicted octanol–water partition coefficient (Wildman–Crippen LogP) is 15.1. The molecule has 0 saturated carbocycles. The molecule has 0 bridgehead atoms. The Balaban J connectivity index is 4.30. The van der Waals surface area contributed by atoms with Gasteiger partial charge in [0.1, 0.15) is 0 Å². The summed E-state index contributed by atoms with van der Waals surface area (Å²) in [6, 6.07) is 0. The SMILES string of the molecule is CCCCCCCCCCCCCCCCN(CCCCCCCCCCCCCCCC)CC(C)(CC)OCC(C)C(C)CC. The molecular weight excluding hydrogens is 558 g/mol. The molecule has 0 aliphatic rings. The van der Waals surface area contributed by atoms with Crippen LogP contribution in [0.25, 0.3) is 0 Å². The Labute approximate surface area is 293 Å². The topological polar surface area (TPSA) is 12.5 Å². The van der Waals surface area contributed by atoms with Crippen molar-refractivity contribution in [2.45, 2.75) is 247 Å². The highest BCUT2D eigenvalue weighted by atomic mass is 16.5. The Bertz CT molecular complexity index is 546. The van der Waals surface area contributed by atoms with Crippen molar-refractivity contribution in [2.75, 3.05) is 26.2 Å². The summed E-state index contributed by atoms with van der Waals surface area (Å²) < 4.78 is 6.70. The van der Waals surface area contributed by atoms with Gasteiger partial charge >= 0.3 is 0 Å². The van der Waals surface area contributed by atoms with Gasteiger partial charge < -0.3 is 9.64 Å². The van der Waals surface area contributed by atoms with Gasteiger partial charge in [-0.3, -0.25) is 0 Å². The maximum Gasteiger partial charge on any atom is 0.0778 e. The molecule has 0 spiro atoms. The third-order valence-corrected chi connectivity index (χ3v) is 11.3. The first kappa shape index (κ1) is 45.9. The second-order valence-corrected chi connectivity index (χ2v) is 15.9. The number of hydrogen-bond donors (Lipinski definition) is 0. The number of ether oxygens (including phenoxy) is 1. The molecule has 2 heteroatoms. The maximum atomic E-state index is 6.70. The van der Waals surface area contributed by atoms with Crippen molar-refractivity contribution in [2.24, 2.45) is 11.8 Å². The average Bonchev–Trinajstić information content (AvgIpc) is 3.06. The molecule has 0 rings (SSSR count). The molecule has 46 heavy (non-hydrogen) atoms. The van der Waals surface area contributed by atoms with E-state index in [-0.39, 0.29) is 5.60 Å². The standard InChI is InChI=1S/C44H91NO/c1-8-12-14-16-18-20-22-24-26-28-30-32-34-36-38-45(41-44(7,11-4)46-40-43(6)42(5)10-3)39-37-35-33-31-29-27-25-23-21-19-17-15-13-9-2/h42-43H,8-41H2,1-7H3. The summed E-state index contributed by atoms with van der Waals surface area (Å²) in [6.07, 6.45) is 42.6. The summed E-state index contributed by atoms with van der Waals surface area (Å²) >= 11 is 0. The second kappa shape index (κ2) is 34.8. The minimum atomic E-state index is -0.0201. The Morgan fingerprint density at radius 3 is 1.02 bits per heavy atom. The normalized spacial score (nSPS) is 14.6. The highest BCUT2D eigenvalue weighted by molar-refractivity contribution is 4.80. The van der Waals surface area contributed by atoms with Crippen molar-refractivity contribution in [1.29, 1.82) is 0 Å². The fourth-order valence-corrected chi connectivity index (χ4v) is 6.96. The van der Waals surface area contributed by atoms with Gasteiger partial charge in [-0.05, 0) is 51.1 Å². The minimum Gasteiger partial charge on any atom is -0.374 e. The van der Waals surface area contributed by atoms with E-state index in [0.29, 0.717) is 5.92 Å².